The molecule has 0 aromatic heterocycles. The minimum Gasteiger partial charge on any atom is -0.312 e. The van der Waals surface area contributed by atoms with Crippen molar-refractivity contribution in [1.82, 2.24) is 10.2 Å². The first kappa shape index (κ1) is 11.9. The molecule has 0 aromatic rings. The second kappa shape index (κ2) is 4.73. The molecule has 0 radical (unpaired) electrons. The normalized spacial score (nSPS) is 31.1. The van der Waals surface area contributed by atoms with Crippen LogP contribution in [0.2, 0.25) is 0 Å². The van der Waals surface area contributed by atoms with E-state index in [2.05, 4.69) is 16.3 Å². The molecular weight excluding hydrogens is 198 g/mol. The Hall–Kier alpha value is -0.590. The Bertz CT molecular complexity index is 265. The molecule has 0 aromatic carbocycles. The summed E-state index contributed by atoms with van der Waals surface area (Å²) in [5, 5.41) is 12.6. The molecule has 2 unspecified atom stereocenters. The lowest BCUT2D eigenvalue weighted by atomic mass is 9.91. The molecule has 2 saturated heterocycles. The summed E-state index contributed by atoms with van der Waals surface area (Å²) < 4.78 is 0. The smallest absolute Gasteiger partial charge is 0.0684 e. The Morgan fingerprint density at radius 3 is 2.94 bits per heavy atom. The van der Waals surface area contributed by atoms with Crippen LogP contribution in [0.5, 0.6) is 0 Å². The van der Waals surface area contributed by atoms with E-state index in [0.29, 0.717) is 0 Å². The maximum Gasteiger partial charge on any atom is 0.0684 e. The molecule has 0 aliphatic carbocycles. The maximum absolute atomic E-state index is 8.99. The van der Waals surface area contributed by atoms with Crippen LogP contribution in [0.4, 0.5) is 0 Å². The summed E-state index contributed by atoms with van der Waals surface area (Å²) in [6.07, 6.45) is 3.71. The molecule has 0 bridgehead atoms. The summed E-state index contributed by atoms with van der Waals surface area (Å²) >= 11 is 0. The van der Waals surface area contributed by atoms with Gasteiger partial charge in [-0.2, -0.15) is 5.26 Å². The van der Waals surface area contributed by atoms with Crippen LogP contribution in [-0.4, -0.2) is 37.1 Å². The fourth-order valence-electron chi connectivity index (χ4n) is 2.81. The highest BCUT2D eigenvalue weighted by Crippen LogP contribution is 2.26. The van der Waals surface area contributed by atoms with E-state index in [1.165, 1.54) is 32.5 Å². The van der Waals surface area contributed by atoms with E-state index in [0.717, 1.165) is 24.9 Å². The lowest BCUT2D eigenvalue weighted by Gasteiger charge is -2.24. The van der Waals surface area contributed by atoms with Crippen LogP contribution in [0.3, 0.4) is 0 Å². The summed E-state index contributed by atoms with van der Waals surface area (Å²) in [6.45, 7) is 8.77. The third kappa shape index (κ3) is 2.75. The van der Waals surface area contributed by atoms with E-state index in [1.54, 1.807) is 0 Å². The van der Waals surface area contributed by atoms with Crippen molar-refractivity contribution in [2.24, 2.45) is 11.3 Å². The minimum atomic E-state index is -0.165. The lowest BCUT2D eigenvalue weighted by Crippen LogP contribution is -2.40. The van der Waals surface area contributed by atoms with Gasteiger partial charge in [0.1, 0.15) is 0 Å². The van der Waals surface area contributed by atoms with Crippen molar-refractivity contribution >= 4 is 0 Å². The van der Waals surface area contributed by atoms with Crippen LogP contribution in [0.1, 0.15) is 33.1 Å². The highest BCUT2D eigenvalue weighted by Gasteiger charge is 2.34. The van der Waals surface area contributed by atoms with Gasteiger partial charge in [0, 0.05) is 19.1 Å². The number of rotatable bonds is 3. The van der Waals surface area contributed by atoms with Gasteiger partial charge in [-0.25, -0.2) is 0 Å². The highest BCUT2D eigenvalue weighted by molar-refractivity contribution is 4.95. The van der Waals surface area contributed by atoms with E-state index >= 15 is 0 Å². The average molecular weight is 221 g/mol. The van der Waals surface area contributed by atoms with Gasteiger partial charge in [0.25, 0.3) is 0 Å². The molecule has 2 heterocycles. The van der Waals surface area contributed by atoms with Gasteiger partial charge in [-0.1, -0.05) is 0 Å². The monoisotopic (exact) mass is 221 g/mol. The number of nitrogens with one attached hydrogen (secondary N) is 1. The van der Waals surface area contributed by atoms with Crippen molar-refractivity contribution in [1.29, 1.82) is 5.26 Å². The van der Waals surface area contributed by atoms with Crippen molar-refractivity contribution in [2.75, 3.05) is 26.2 Å². The Kier molecular flexibility index (Phi) is 3.51. The largest absolute Gasteiger partial charge is 0.312 e. The fourth-order valence-corrected chi connectivity index (χ4v) is 2.81. The predicted octanol–water partition coefficient (Wildman–Crippen LogP) is 1.61. The molecule has 3 nitrogen and oxygen atoms in total. The summed E-state index contributed by atoms with van der Waals surface area (Å²) in [6, 6.07) is 3.11. The first-order chi connectivity index (χ1) is 7.61. The Balaban J connectivity index is 1.78. The molecule has 90 valence electrons. The van der Waals surface area contributed by atoms with Crippen LogP contribution in [0, 0.1) is 22.7 Å². The van der Waals surface area contributed by atoms with Gasteiger partial charge in [-0.15, -0.1) is 0 Å². The Morgan fingerprint density at radius 1 is 1.44 bits per heavy atom. The van der Waals surface area contributed by atoms with Crippen molar-refractivity contribution < 1.29 is 0 Å². The second-order valence-electron chi connectivity index (χ2n) is 5.97. The van der Waals surface area contributed by atoms with E-state index in [4.69, 9.17) is 5.26 Å². The third-order valence-corrected chi connectivity index (χ3v) is 4.03. The van der Waals surface area contributed by atoms with Gasteiger partial charge in [0.2, 0.25) is 0 Å². The fraction of sp³-hybridized carbons (Fsp3) is 0.923. The topological polar surface area (TPSA) is 39.1 Å². The Labute approximate surface area is 98.8 Å². The minimum absolute atomic E-state index is 0.165. The molecule has 2 atom stereocenters. The van der Waals surface area contributed by atoms with E-state index in [-0.39, 0.29) is 5.41 Å². The number of fused-ring (bicyclic) bond motifs is 1. The number of nitrogens with zero attached hydrogens (tertiary/aromatic N) is 2. The quantitative estimate of drug-likeness (QED) is 0.787. The molecule has 16 heavy (non-hydrogen) atoms. The van der Waals surface area contributed by atoms with Crippen LogP contribution < -0.4 is 5.32 Å². The van der Waals surface area contributed by atoms with Gasteiger partial charge in [0.05, 0.1) is 11.5 Å². The Morgan fingerprint density at radius 2 is 2.25 bits per heavy atom. The third-order valence-electron chi connectivity index (χ3n) is 4.03. The molecule has 1 N–H and O–H groups in total. The predicted molar refractivity (Wildman–Crippen MR) is 65.0 cm³/mol. The first-order valence-electron chi connectivity index (χ1n) is 6.48. The summed E-state index contributed by atoms with van der Waals surface area (Å²) in [5.74, 6) is 0.860. The zero-order valence-corrected chi connectivity index (χ0v) is 10.5. The summed E-state index contributed by atoms with van der Waals surface area (Å²) in [5.41, 5.74) is -0.165. The van der Waals surface area contributed by atoms with E-state index in [1.807, 2.05) is 13.8 Å². The zero-order chi connectivity index (χ0) is 11.6. The van der Waals surface area contributed by atoms with Crippen LogP contribution in [0.15, 0.2) is 0 Å². The van der Waals surface area contributed by atoms with Crippen LogP contribution in [0.25, 0.3) is 0 Å². The summed E-state index contributed by atoms with van der Waals surface area (Å²) in [7, 11) is 0. The number of piperidine rings is 1. The van der Waals surface area contributed by atoms with Crippen LogP contribution >= 0.6 is 0 Å². The van der Waals surface area contributed by atoms with Gasteiger partial charge < -0.3 is 10.2 Å². The number of nitriles is 1. The van der Waals surface area contributed by atoms with Crippen molar-refractivity contribution in [2.45, 2.75) is 39.2 Å². The van der Waals surface area contributed by atoms with Gasteiger partial charge >= 0.3 is 0 Å². The van der Waals surface area contributed by atoms with Gasteiger partial charge in [-0.3, -0.25) is 0 Å². The zero-order valence-electron chi connectivity index (χ0n) is 10.5. The molecule has 2 rings (SSSR count). The summed E-state index contributed by atoms with van der Waals surface area (Å²) in [4.78, 5) is 2.53. The van der Waals surface area contributed by atoms with E-state index < -0.39 is 0 Å². The average Bonchev–Trinajstić information content (AvgIpc) is 2.69. The molecule has 2 aliphatic heterocycles. The van der Waals surface area contributed by atoms with Crippen molar-refractivity contribution in [3.63, 3.8) is 0 Å². The van der Waals surface area contributed by atoms with Gasteiger partial charge in [-0.05, 0) is 52.1 Å². The van der Waals surface area contributed by atoms with Crippen molar-refractivity contribution in [3.05, 3.63) is 0 Å². The molecule has 0 saturated carbocycles. The number of hydrogen-bond acceptors (Lipinski definition) is 3. The standard InChI is InChI=1S/C13H23N3/c1-13(2,10-14)5-7-16-8-11-4-3-6-15-12(11)9-16/h11-12,15H,3-9H2,1-2H3. The molecule has 0 spiro atoms. The second-order valence-corrected chi connectivity index (χ2v) is 5.97. The number of hydrogen-bond donors (Lipinski definition) is 1. The number of likely N-dealkylation sites (tertiary alicyclic amines) is 1. The van der Waals surface area contributed by atoms with Gasteiger partial charge in [0.15, 0.2) is 0 Å². The first-order valence-corrected chi connectivity index (χ1v) is 6.48. The highest BCUT2D eigenvalue weighted by atomic mass is 15.2. The maximum atomic E-state index is 8.99. The molecule has 2 aliphatic rings. The van der Waals surface area contributed by atoms with E-state index in [9.17, 15) is 0 Å². The molecule has 3 heteroatoms. The molecule has 0 amide bonds. The molecular formula is C13H23N3. The van der Waals surface area contributed by atoms with Crippen molar-refractivity contribution in [3.8, 4) is 6.07 Å². The SMILES string of the molecule is CC(C)(C#N)CCN1CC2CCCNC2C1. The van der Waals surface area contributed by atoms with Crippen LogP contribution in [-0.2, 0) is 0 Å². The molecule has 2 fully saturated rings. The lowest BCUT2D eigenvalue weighted by molar-refractivity contribution is 0.277.